The Hall–Kier alpha value is -4.85. The van der Waals surface area contributed by atoms with Crippen LogP contribution in [0.1, 0.15) is 77.1 Å². The van der Waals surface area contributed by atoms with E-state index in [1.54, 1.807) is 45.9 Å². The fourth-order valence-corrected chi connectivity index (χ4v) is 5.79. The number of ether oxygens (including phenoxy) is 1. The van der Waals surface area contributed by atoms with Crippen LogP contribution in [0, 0.1) is 12.8 Å². The number of phenols is 1. The fourth-order valence-electron chi connectivity index (χ4n) is 5.79. The van der Waals surface area contributed by atoms with Gasteiger partial charge in [-0.3, -0.25) is 9.59 Å². The number of aromatic hydroxyl groups is 1. The highest BCUT2D eigenvalue weighted by atomic mass is 16.6. The summed E-state index contributed by atoms with van der Waals surface area (Å²) in [7, 11) is 0. The summed E-state index contributed by atoms with van der Waals surface area (Å²) in [5.41, 5.74) is 1.48. The highest BCUT2D eigenvalue weighted by Crippen LogP contribution is 2.35. The molecule has 0 aliphatic heterocycles. The van der Waals surface area contributed by atoms with E-state index in [0.29, 0.717) is 29.2 Å². The predicted octanol–water partition coefficient (Wildman–Crippen LogP) is 8.32. The van der Waals surface area contributed by atoms with Crippen molar-refractivity contribution in [1.82, 2.24) is 10.2 Å². The van der Waals surface area contributed by atoms with Gasteiger partial charge in [-0.1, -0.05) is 92.7 Å². The van der Waals surface area contributed by atoms with Gasteiger partial charge in [0, 0.05) is 23.7 Å². The lowest BCUT2D eigenvalue weighted by atomic mass is 9.94. The molecular formula is C40H49N3O5. The number of amides is 3. The number of aryl methyl sites for hydroxylation is 1. The topological polar surface area (TPSA) is 108 Å². The first-order valence-electron chi connectivity index (χ1n) is 16.7. The third-order valence-electron chi connectivity index (χ3n) is 8.27. The van der Waals surface area contributed by atoms with Gasteiger partial charge in [0.15, 0.2) is 0 Å². The standard InChI is InChI=1S/C40H49N3O5/c1-26(2)20-21-28(4)43(38(46)34(24-29-15-9-8-10-16-29)42-39(47)48-40(5,6)7)35(33-19-13-14-27(3)36(33)44)37(45)41-32-23-22-30-17-11-12-18-31(30)25-32/h8-19,22-23,25-26,28,34-35,44H,20-21,24H2,1-7H3,(H,41,45)(H,42,47). The van der Waals surface area contributed by atoms with Crippen molar-refractivity contribution in [2.45, 2.75) is 91.5 Å². The number of benzene rings is 4. The first kappa shape index (κ1) is 36.0. The Labute approximate surface area is 284 Å². The van der Waals surface area contributed by atoms with Crippen molar-refractivity contribution >= 4 is 34.4 Å². The first-order valence-corrected chi connectivity index (χ1v) is 16.7. The highest BCUT2D eigenvalue weighted by molar-refractivity contribution is 6.01. The summed E-state index contributed by atoms with van der Waals surface area (Å²) >= 11 is 0. The van der Waals surface area contributed by atoms with Crippen LogP contribution in [-0.2, 0) is 20.7 Å². The zero-order valence-electron chi connectivity index (χ0n) is 29.1. The molecular weight excluding hydrogens is 602 g/mol. The molecule has 0 aliphatic rings. The normalized spacial score (nSPS) is 13.4. The lowest BCUT2D eigenvalue weighted by Crippen LogP contribution is -2.55. The van der Waals surface area contributed by atoms with Crippen molar-refractivity contribution in [1.29, 1.82) is 0 Å². The Kier molecular flexibility index (Phi) is 11.9. The zero-order chi connectivity index (χ0) is 35.0. The van der Waals surface area contributed by atoms with Gasteiger partial charge in [-0.15, -0.1) is 0 Å². The van der Waals surface area contributed by atoms with Crippen molar-refractivity contribution in [2.75, 3.05) is 5.32 Å². The number of nitrogens with zero attached hydrogens (tertiary/aromatic N) is 1. The van der Waals surface area contributed by atoms with Crippen LogP contribution in [0.5, 0.6) is 5.75 Å². The van der Waals surface area contributed by atoms with Gasteiger partial charge in [-0.2, -0.15) is 0 Å². The molecule has 254 valence electrons. The van der Waals surface area contributed by atoms with E-state index in [1.807, 2.05) is 79.7 Å². The lowest BCUT2D eigenvalue weighted by Gasteiger charge is -2.39. The number of alkyl carbamates (subject to hydrolysis) is 1. The number of carbonyl (C=O) groups is 3. The molecule has 4 aromatic carbocycles. The Bertz CT molecular complexity index is 1710. The van der Waals surface area contributed by atoms with Gasteiger partial charge in [0.2, 0.25) is 5.91 Å². The highest BCUT2D eigenvalue weighted by Gasteiger charge is 2.40. The van der Waals surface area contributed by atoms with E-state index in [2.05, 4.69) is 24.5 Å². The molecule has 0 radical (unpaired) electrons. The minimum Gasteiger partial charge on any atom is -0.507 e. The molecule has 8 nitrogen and oxygen atoms in total. The quantitative estimate of drug-likeness (QED) is 0.143. The van der Waals surface area contributed by atoms with Gasteiger partial charge < -0.3 is 25.4 Å². The van der Waals surface area contributed by atoms with E-state index in [0.717, 1.165) is 22.8 Å². The Morgan fingerprint density at radius 1 is 0.833 bits per heavy atom. The van der Waals surface area contributed by atoms with Crippen LogP contribution in [0.3, 0.4) is 0 Å². The number of phenolic OH excluding ortho intramolecular Hbond substituents is 1. The maximum absolute atomic E-state index is 15.0. The van der Waals surface area contributed by atoms with Crippen molar-refractivity contribution in [2.24, 2.45) is 5.92 Å². The Balaban J connectivity index is 1.83. The maximum atomic E-state index is 15.0. The van der Waals surface area contributed by atoms with E-state index >= 15 is 0 Å². The molecule has 0 aliphatic carbocycles. The second-order valence-electron chi connectivity index (χ2n) is 13.9. The number of fused-ring (bicyclic) bond motifs is 1. The van der Waals surface area contributed by atoms with Gasteiger partial charge in [-0.05, 0) is 87.4 Å². The maximum Gasteiger partial charge on any atom is 0.408 e. The molecule has 48 heavy (non-hydrogen) atoms. The van der Waals surface area contributed by atoms with Gasteiger partial charge in [0.1, 0.15) is 23.4 Å². The molecule has 3 atom stereocenters. The second-order valence-corrected chi connectivity index (χ2v) is 13.9. The minimum atomic E-state index is -1.22. The molecule has 3 amide bonds. The molecule has 8 heteroatoms. The molecule has 4 rings (SSSR count). The van der Waals surface area contributed by atoms with E-state index in [1.165, 1.54) is 4.90 Å². The van der Waals surface area contributed by atoms with Crippen molar-refractivity contribution in [3.8, 4) is 5.75 Å². The monoisotopic (exact) mass is 651 g/mol. The Morgan fingerprint density at radius 2 is 1.50 bits per heavy atom. The molecule has 0 saturated heterocycles. The summed E-state index contributed by atoms with van der Waals surface area (Å²) in [6, 6.07) is 25.4. The minimum absolute atomic E-state index is 0.0651. The van der Waals surface area contributed by atoms with Crippen molar-refractivity contribution in [3.63, 3.8) is 0 Å². The van der Waals surface area contributed by atoms with E-state index in [4.69, 9.17) is 4.74 Å². The lowest BCUT2D eigenvalue weighted by molar-refractivity contribution is -0.143. The summed E-state index contributed by atoms with van der Waals surface area (Å²) in [4.78, 5) is 44.2. The third-order valence-corrected chi connectivity index (χ3v) is 8.27. The summed E-state index contributed by atoms with van der Waals surface area (Å²) in [6.07, 6.45) is 0.833. The average Bonchev–Trinajstić information content (AvgIpc) is 3.03. The SMILES string of the molecule is Cc1cccc(C(C(=O)Nc2ccc3ccccc3c2)N(C(=O)C(Cc2ccccc2)NC(=O)OC(C)(C)C)C(C)CCC(C)C)c1O. The summed E-state index contributed by atoms with van der Waals surface area (Å²) in [6.45, 7) is 13.2. The molecule has 4 aromatic rings. The van der Waals surface area contributed by atoms with Crippen LogP contribution in [0.2, 0.25) is 0 Å². The van der Waals surface area contributed by atoms with Gasteiger partial charge in [-0.25, -0.2) is 4.79 Å². The van der Waals surface area contributed by atoms with E-state index < -0.39 is 41.6 Å². The number of nitrogens with one attached hydrogen (secondary N) is 2. The largest absolute Gasteiger partial charge is 0.507 e. The van der Waals surface area contributed by atoms with Crippen molar-refractivity contribution in [3.05, 3.63) is 108 Å². The molecule has 3 unspecified atom stereocenters. The molecule has 0 bridgehead atoms. The summed E-state index contributed by atoms with van der Waals surface area (Å²) < 4.78 is 5.58. The third kappa shape index (κ3) is 9.59. The second kappa shape index (κ2) is 15.8. The summed E-state index contributed by atoms with van der Waals surface area (Å²) in [5.74, 6) is -0.654. The number of rotatable bonds is 12. The van der Waals surface area contributed by atoms with E-state index in [-0.39, 0.29) is 12.2 Å². The molecule has 0 spiro atoms. The van der Waals surface area contributed by atoms with Crippen LogP contribution in [-0.4, -0.2) is 45.6 Å². The van der Waals surface area contributed by atoms with E-state index in [9.17, 15) is 19.5 Å². The molecule has 0 heterocycles. The molecule has 0 fully saturated rings. The van der Waals surface area contributed by atoms with Crippen LogP contribution in [0.25, 0.3) is 10.8 Å². The van der Waals surface area contributed by atoms with Crippen LogP contribution >= 0.6 is 0 Å². The van der Waals surface area contributed by atoms with Gasteiger partial charge >= 0.3 is 6.09 Å². The van der Waals surface area contributed by atoms with Crippen LogP contribution < -0.4 is 10.6 Å². The van der Waals surface area contributed by atoms with Crippen molar-refractivity contribution < 1.29 is 24.2 Å². The molecule has 3 N–H and O–H groups in total. The summed E-state index contributed by atoms with van der Waals surface area (Å²) in [5, 5.41) is 19.2. The molecule has 0 saturated carbocycles. The average molecular weight is 652 g/mol. The first-order chi connectivity index (χ1) is 22.7. The predicted molar refractivity (Wildman–Crippen MR) is 192 cm³/mol. The fraction of sp³-hybridized carbons (Fsp3) is 0.375. The number of para-hydroxylation sites is 1. The molecule has 0 aromatic heterocycles. The Morgan fingerprint density at radius 3 is 2.17 bits per heavy atom. The number of carbonyl (C=O) groups excluding carboxylic acids is 3. The van der Waals surface area contributed by atoms with Crippen LogP contribution in [0.4, 0.5) is 10.5 Å². The van der Waals surface area contributed by atoms with Crippen LogP contribution in [0.15, 0.2) is 91.0 Å². The van der Waals surface area contributed by atoms with Gasteiger partial charge in [0.25, 0.3) is 5.91 Å². The number of anilines is 1. The zero-order valence-corrected chi connectivity index (χ0v) is 29.1. The number of hydrogen-bond donors (Lipinski definition) is 3. The number of hydrogen-bond acceptors (Lipinski definition) is 5. The van der Waals surface area contributed by atoms with Gasteiger partial charge in [0.05, 0.1) is 0 Å². The smallest absolute Gasteiger partial charge is 0.408 e.